The highest BCUT2D eigenvalue weighted by molar-refractivity contribution is 5.97. The van der Waals surface area contributed by atoms with Crippen molar-refractivity contribution in [3.8, 4) is 5.75 Å². The summed E-state index contributed by atoms with van der Waals surface area (Å²) >= 11 is 0. The van der Waals surface area contributed by atoms with Crippen LogP contribution in [0.1, 0.15) is 22.2 Å². The van der Waals surface area contributed by atoms with Crippen LogP contribution in [0.4, 0.5) is 0 Å². The lowest BCUT2D eigenvalue weighted by Crippen LogP contribution is -2.40. The van der Waals surface area contributed by atoms with Crippen LogP contribution >= 0.6 is 0 Å². The minimum atomic E-state index is -0.535. The van der Waals surface area contributed by atoms with Crippen LogP contribution in [0.2, 0.25) is 0 Å². The minimum Gasteiger partial charge on any atom is -0.506 e. The van der Waals surface area contributed by atoms with Crippen molar-refractivity contribution in [3.63, 3.8) is 0 Å². The Morgan fingerprint density at radius 3 is 3.00 bits per heavy atom. The zero-order valence-corrected chi connectivity index (χ0v) is 9.88. The van der Waals surface area contributed by atoms with Gasteiger partial charge >= 0.3 is 5.97 Å². The first-order valence-electron chi connectivity index (χ1n) is 5.71. The third-order valence-corrected chi connectivity index (χ3v) is 3.20. The van der Waals surface area contributed by atoms with Crippen molar-refractivity contribution >= 4 is 11.5 Å². The van der Waals surface area contributed by atoms with Gasteiger partial charge in [0.25, 0.3) is 0 Å². The summed E-state index contributed by atoms with van der Waals surface area (Å²) in [5, 5.41) is 13.1. The van der Waals surface area contributed by atoms with Crippen LogP contribution in [0.3, 0.4) is 0 Å². The van der Waals surface area contributed by atoms with Gasteiger partial charge in [0.2, 0.25) is 0 Å². The van der Waals surface area contributed by atoms with Crippen LogP contribution in [0.25, 0.3) is 5.52 Å². The number of nitrogens with one attached hydrogen (secondary N) is 1. The number of esters is 1. The van der Waals surface area contributed by atoms with E-state index in [-0.39, 0.29) is 17.4 Å². The number of carbonyl (C=O) groups excluding carboxylic acids is 1. The molecule has 3 rings (SSSR count). The second-order valence-corrected chi connectivity index (χ2v) is 4.28. The lowest BCUT2D eigenvalue weighted by atomic mass is 10.0. The molecule has 0 saturated carbocycles. The van der Waals surface area contributed by atoms with Gasteiger partial charge < -0.3 is 15.2 Å². The van der Waals surface area contributed by atoms with Crippen molar-refractivity contribution in [1.29, 1.82) is 0 Å². The first-order chi connectivity index (χ1) is 8.72. The fourth-order valence-electron chi connectivity index (χ4n) is 2.14. The Morgan fingerprint density at radius 1 is 1.61 bits per heavy atom. The van der Waals surface area contributed by atoms with E-state index in [1.165, 1.54) is 13.2 Å². The lowest BCUT2D eigenvalue weighted by Gasteiger charge is -2.25. The molecule has 6 heteroatoms. The fraction of sp³-hybridized carbons (Fsp3) is 0.333. The topological polar surface area (TPSA) is 75.9 Å². The fourth-order valence-corrected chi connectivity index (χ4v) is 2.14. The molecule has 0 amide bonds. The van der Waals surface area contributed by atoms with Gasteiger partial charge in [-0.3, -0.25) is 4.40 Å². The number of pyridine rings is 1. The monoisotopic (exact) mass is 247 g/mol. The van der Waals surface area contributed by atoms with E-state index in [1.807, 2.05) is 0 Å². The Hall–Kier alpha value is -2.08. The van der Waals surface area contributed by atoms with Gasteiger partial charge in [-0.05, 0) is 12.1 Å². The molecule has 0 radical (unpaired) electrons. The maximum atomic E-state index is 11.7. The molecule has 1 fully saturated rings. The molecule has 0 aromatic carbocycles. The number of fused-ring (bicyclic) bond motifs is 1. The molecule has 18 heavy (non-hydrogen) atoms. The molecule has 2 aromatic heterocycles. The van der Waals surface area contributed by atoms with Gasteiger partial charge in [0.15, 0.2) is 5.69 Å². The second-order valence-electron chi connectivity index (χ2n) is 4.28. The van der Waals surface area contributed by atoms with Gasteiger partial charge in [-0.25, -0.2) is 9.78 Å². The Kier molecular flexibility index (Phi) is 2.45. The molecular formula is C12H13N3O3. The summed E-state index contributed by atoms with van der Waals surface area (Å²) < 4.78 is 6.46. The molecule has 1 aliphatic rings. The molecular weight excluding hydrogens is 234 g/mol. The number of rotatable bonds is 2. The molecule has 94 valence electrons. The quantitative estimate of drug-likeness (QED) is 0.756. The van der Waals surface area contributed by atoms with Gasteiger partial charge in [-0.1, -0.05) is 0 Å². The first-order valence-corrected chi connectivity index (χ1v) is 5.71. The summed E-state index contributed by atoms with van der Waals surface area (Å²) in [4.78, 5) is 16.0. The van der Waals surface area contributed by atoms with Gasteiger partial charge in [0.05, 0.1) is 7.11 Å². The Morgan fingerprint density at radius 2 is 2.39 bits per heavy atom. The maximum Gasteiger partial charge on any atom is 0.359 e. The zero-order chi connectivity index (χ0) is 12.7. The number of aromatic nitrogens is 2. The van der Waals surface area contributed by atoms with Crippen molar-refractivity contribution in [2.45, 2.75) is 5.92 Å². The van der Waals surface area contributed by atoms with Gasteiger partial charge in [0.1, 0.15) is 17.1 Å². The van der Waals surface area contributed by atoms with Crippen LogP contribution in [-0.2, 0) is 4.74 Å². The van der Waals surface area contributed by atoms with E-state index in [1.54, 1.807) is 16.7 Å². The summed E-state index contributed by atoms with van der Waals surface area (Å²) in [7, 11) is 1.30. The van der Waals surface area contributed by atoms with Crippen LogP contribution in [0.5, 0.6) is 5.75 Å². The number of carbonyl (C=O) groups is 1. The first kappa shape index (κ1) is 11.0. The maximum absolute atomic E-state index is 11.7. The molecule has 0 atom stereocenters. The molecule has 1 aliphatic heterocycles. The van der Waals surface area contributed by atoms with Crippen LogP contribution in [0.15, 0.2) is 18.3 Å². The van der Waals surface area contributed by atoms with E-state index < -0.39 is 5.97 Å². The average Bonchev–Trinajstić information content (AvgIpc) is 2.67. The summed E-state index contributed by atoms with van der Waals surface area (Å²) in [5.41, 5.74) is 0.573. The number of imidazole rings is 1. The molecule has 0 spiro atoms. The molecule has 0 bridgehead atoms. The van der Waals surface area contributed by atoms with E-state index in [4.69, 9.17) is 4.74 Å². The van der Waals surface area contributed by atoms with Gasteiger partial charge in [-0.2, -0.15) is 0 Å². The van der Waals surface area contributed by atoms with Crippen molar-refractivity contribution in [2.75, 3.05) is 20.2 Å². The second kappa shape index (κ2) is 3.99. The van der Waals surface area contributed by atoms with Crippen molar-refractivity contribution < 1.29 is 14.6 Å². The number of methoxy groups -OCH3 is 1. The smallest absolute Gasteiger partial charge is 0.359 e. The molecule has 0 unspecified atom stereocenters. The normalized spacial score (nSPS) is 15.6. The highest BCUT2D eigenvalue weighted by atomic mass is 16.5. The highest BCUT2D eigenvalue weighted by Gasteiger charge is 2.28. The third-order valence-electron chi connectivity index (χ3n) is 3.20. The van der Waals surface area contributed by atoms with Crippen molar-refractivity contribution in [1.82, 2.24) is 14.7 Å². The van der Waals surface area contributed by atoms with Gasteiger partial charge in [-0.15, -0.1) is 0 Å². The number of ether oxygens (including phenoxy) is 1. The number of hydrogen-bond donors (Lipinski definition) is 2. The molecule has 1 saturated heterocycles. The van der Waals surface area contributed by atoms with E-state index in [0.717, 1.165) is 18.9 Å². The molecule has 3 heterocycles. The predicted octanol–water partition coefficient (Wildman–Crippen LogP) is 0.513. The molecule has 2 aromatic rings. The third kappa shape index (κ3) is 1.46. The van der Waals surface area contributed by atoms with Gasteiger partial charge in [0, 0.05) is 25.2 Å². The Labute approximate surface area is 103 Å². The summed E-state index contributed by atoms with van der Waals surface area (Å²) in [6.07, 6.45) is 1.79. The van der Waals surface area contributed by atoms with E-state index in [0.29, 0.717) is 5.52 Å². The van der Waals surface area contributed by atoms with Crippen LogP contribution in [-0.4, -0.2) is 40.7 Å². The zero-order valence-electron chi connectivity index (χ0n) is 9.88. The molecule has 0 aliphatic carbocycles. The van der Waals surface area contributed by atoms with E-state index in [9.17, 15) is 9.90 Å². The van der Waals surface area contributed by atoms with Crippen molar-refractivity contribution in [2.24, 2.45) is 0 Å². The Balaban J connectivity index is 2.25. The largest absolute Gasteiger partial charge is 0.506 e. The number of aromatic hydroxyl groups is 1. The lowest BCUT2D eigenvalue weighted by molar-refractivity contribution is 0.0596. The average molecular weight is 247 g/mol. The summed E-state index contributed by atoms with van der Waals surface area (Å²) in [6, 6.07) is 3.26. The number of nitrogens with zero attached hydrogens (tertiary/aromatic N) is 2. The summed E-state index contributed by atoms with van der Waals surface area (Å²) in [6.45, 7) is 1.66. The Bertz CT molecular complexity index is 616. The molecule has 6 nitrogen and oxygen atoms in total. The van der Waals surface area contributed by atoms with E-state index >= 15 is 0 Å². The van der Waals surface area contributed by atoms with Crippen molar-refractivity contribution in [3.05, 3.63) is 29.8 Å². The highest BCUT2D eigenvalue weighted by Crippen LogP contribution is 2.28. The van der Waals surface area contributed by atoms with Crippen LogP contribution in [0, 0.1) is 0 Å². The van der Waals surface area contributed by atoms with E-state index in [2.05, 4.69) is 10.3 Å². The number of hydrogen-bond acceptors (Lipinski definition) is 5. The summed E-state index contributed by atoms with van der Waals surface area (Å²) in [5.74, 6) is 0.536. The SMILES string of the molecule is COC(=O)c1nc(C2CNC2)n2cccc(O)c12. The predicted molar refractivity (Wildman–Crippen MR) is 63.8 cm³/mol. The standard InChI is InChI=1S/C12H13N3O3/c1-18-12(17)9-10-8(16)3-2-4-15(10)11(14-9)7-5-13-6-7/h2-4,7,13,16H,5-6H2,1H3. The minimum absolute atomic E-state index is 0.0314. The molecule has 2 N–H and O–H groups in total. The van der Waals surface area contributed by atoms with Crippen LogP contribution < -0.4 is 5.32 Å².